The third-order valence-corrected chi connectivity index (χ3v) is 4.05. The molecule has 0 saturated heterocycles. The summed E-state index contributed by atoms with van der Waals surface area (Å²) < 4.78 is 0.689. The van der Waals surface area contributed by atoms with Crippen LogP contribution in [0.3, 0.4) is 0 Å². The van der Waals surface area contributed by atoms with Gasteiger partial charge in [-0.05, 0) is 64.9 Å². The van der Waals surface area contributed by atoms with E-state index in [1.165, 1.54) is 6.92 Å². The standard InChI is InChI=1S/C17H16BrN3O2S/c1-10-7-8-12(9-15(10)19-11(2)22)20-17(24)21-16(23)13-5-3-4-6-14(13)18/h3-9H,1-2H3,(H,19,22)(H2,20,21,23,24). The van der Waals surface area contributed by atoms with E-state index in [9.17, 15) is 9.59 Å². The Morgan fingerprint density at radius 3 is 2.46 bits per heavy atom. The van der Waals surface area contributed by atoms with Gasteiger partial charge in [-0.25, -0.2) is 0 Å². The van der Waals surface area contributed by atoms with Gasteiger partial charge in [-0.15, -0.1) is 0 Å². The van der Waals surface area contributed by atoms with Gasteiger partial charge >= 0.3 is 0 Å². The summed E-state index contributed by atoms with van der Waals surface area (Å²) in [5.74, 6) is -0.464. The molecule has 0 spiro atoms. The Labute approximate surface area is 154 Å². The van der Waals surface area contributed by atoms with E-state index in [2.05, 4.69) is 31.9 Å². The monoisotopic (exact) mass is 405 g/mol. The number of carbonyl (C=O) groups excluding carboxylic acids is 2. The van der Waals surface area contributed by atoms with E-state index in [1.807, 2.05) is 25.1 Å². The Morgan fingerprint density at radius 2 is 1.79 bits per heavy atom. The summed E-state index contributed by atoms with van der Waals surface area (Å²) in [5, 5.41) is 8.48. The van der Waals surface area contributed by atoms with E-state index in [1.54, 1.807) is 24.3 Å². The number of benzene rings is 2. The lowest BCUT2D eigenvalue weighted by Crippen LogP contribution is -2.34. The molecule has 0 aromatic heterocycles. The Balaban J connectivity index is 2.06. The van der Waals surface area contributed by atoms with E-state index in [4.69, 9.17) is 12.2 Å². The van der Waals surface area contributed by atoms with Gasteiger partial charge in [0.05, 0.1) is 5.56 Å². The highest BCUT2D eigenvalue weighted by atomic mass is 79.9. The molecular weight excluding hydrogens is 390 g/mol. The molecule has 2 amide bonds. The molecular formula is C17H16BrN3O2S. The molecule has 0 fully saturated rings. The van der Waals surface area contributed by atoms with Gasteiger partial charge in [-0.3, -0.25) is 14.9 Å². The Hall–Kier alpha value is -2.25. The van der Waals surface area contributed by atoms with Crippen molar-refractivity contribution >= 4 is 56.4 Å². The molecule has 2 aromatic rings. The lowest BCUT2D eigenvalue weighted by Gasteiger charge is -2.13. The van der Waals surface area contributed by atoms with Gasteiger partial charge in [0.2, 0.25) is 5.91 Å². The Kier molecular flexibility index (Phi) is 6.05. The molecule has 2 rings (SSSR count). The maximum absolute atomic E-state index is 12.2. The van der Waals surface area contributed by atoms with Gasteiger partial charge in [-0.1, -0.05) is 18.2 Å². The molecule has 5 nitrogen and oxygen atoms in total. The van der Waals surface area contributed by atoms with Crippen LogP contribution in [0.15, 0.2) is 46.9 Å². The lowest BCUT2D eigenvalue weighted by molar-refractivity contribution is -0.114. The van der Waals surface area contributed by atoms with Crippen molar-refractivity contribution in [2.75, 3.05) is 10.6 Å². The van der Waals surface area contributed by atoms with Crippen molar-refractivity contribution in [3.8, 4) is 0 Å². The molecule has 0 aliphatic heterocycles. The van der Waals surface area contributed by atoms with Gasteiger partial charge in [0.25, 0.3) is 5.91 Å². The van der Waals surface area contributed by atoms with Crippen LogP contribution in [-0.2, 0) is 4.79 Å². The van der Waals surface area contributed by atoms with Crippen LogP contribution in [-0.4, -0.2) is 16.9 Å². The summed E-state index contributed by atoms with van der Waals surface area (Å²) in [6, 6.07) is 12.5. The molecule has 0 saturated carbocycles. The number of amides is 2. The molecule has 0 atom stereocenters. The molecule has 0 heterocycles. The van der Waals surface area contributed by atoms with Crippen LogP contribution in [0, 0.1) is 6.92 Å². The Morgan fingerprint density at radius 1 is 1.08 bits per heavy atom. The summed E-state index contributed by atoms with van der Waals surface area (Å²) >= 11 is 8.50. The number of halogens is 1. The van der Waals surface area contributed by atoms with Crippen LogP contribution in [0.4, 0.5) is 11.4 Å². The van der Waals surface area contributed by atoms with E-state index < -0.39 is 0 Å². The zero-order valence-electron chi connectivity index (χ0n) is 13.1. The molecule has 0 bridgehead atoms. The SMILES string of the molecule is CC(=O)Nc1cc(NC(=S)NC(=O)c2ccccc2Br)ccc1C. The first-order valence-corrected chi connectivity index (χ1v) is 8.32. The van der Waals surface area contributed by atoms with Crippen LogP contribution in [0.5, 0.6) is 0 Å². The number of thiocarbonyl (C=S) groups is 1. The number of hydrogen-bond acceptors (Lipinski definition) is 3. The second-order valence-electron chi connectivity index (χ2n) is 5.10. The fourth-order valence-corrected chi connectivity index (χ4v) is 2.68. The third-order valence-electron chi connectivity index (χ3n) is 3.15. The molecule has 0 aliphatic carbocycles. The molecule has 0 radical (unpaired) electrons. The summed E-state index contributed by atoms with van der Waals surface area (Å²) in [7, 11) is 0. The van der Waals surface area contributed by atoms with E-state index >= 15 is 0 Å². The van der Waals surface area contributed by atoms with Crippen molar-refractivity contribution < 1.29 is 9.59 Å². The first-order valence-electron chi connectivity index (χ1n) is 7.12. The summed E-state index contributed by atoms with van der Waals surface area (Å²) in [5.41, 5.74) is 2.78. The number of aryl methyl sites for hydroxylation is 1. The fraction of sp³-hybridized carbons (Fsp3) is 0.118. The highest BCUT2D eigenvalue weighted by Crippen LogP contribution is 2.20. The zero-order chi connectivity index (χ0) is 17.7. The van der Waals surface area contributed by atoms with E-state index in [0.29, 0.717) is 21.4 Å². The first-order chi connectivity index (χ1) is 11.4. The fourth-order valence-electron chi connectivity index (χ4n) is 2.00. The summed E-state index contributed by atoms with van der Waals surface area (Å²) in [4.78, 5) is 23.4. The molecule has 124 valence electrons. The third kappa shape index (κ3) is 4.87. The van der Waals surface area contributed by atoms with E-state index in [-0.39, 0.29) is 16.9 Å². The van der Waals surface area contributed by atoms with E-state index in [0.717, 1.165) is 5.56 Å². The predicted octanol–water partition coefficient (Wildman–Crippen LogP) is 3.84. The number of anilines is 2. The molecule has 0 unspecified atom stereocenters. The van der Waals surface area contributed by atoms with Crippen molar-refractivity contribution in [3.63, 3.8) is 0 Å². The minimum absolute atomic E-state index is 0.153. The molecule has 7 heteroatoms. The van der Waals surface area contributed by atoms with Crippen molar-refractivity contribution in [2.45, 2.75) is 13.8 Å². The maximum atomic E-state index is 12.2. The number of rotatable bonds is 3. The van der Waals surface area contributed by atoms with Crippen molar-refractivity contribution in [3.05, 3.63) is 58.1 Å². The number of nitrogens with one attached hydrogen (secondary N) is 3. The summed E-state index contributed by atoms with van der Waals surface area (Å²) in [6.07, 6.45) is 0. The first kappa shape index (κ1) is 18.1. The normalized spacial score (nSPS) is 9.96. The van der Waals surface area contributed by atoms with Crippen molar-refractivity contribution in [1.29, 1.82) is 0 Å². The lowest BCUT2D eigenvalue weighted by atomic mass is 10.2. The second-order valence-corrected chi connectivity index (χ2v) is 6.36. The van der Waals surface area contributed by atoms with Gasteiger partial charge < -0.3 is 10.6 Å². The number of hydrogen-bond donors (Lipinski definition) is 3. The molecule has 0 aliphatic rings. The van der Waals surface area contributed by atoms with Gasteiger partial charge in [-0.2, -0.15) is 0 Å². The van der Waals surface area contributed by atoms with Gasteiger partial charge in [0.1, 0.15) is 0 Å². The summed E-state index contributed by atoms with van der Waals surface area (Å²) in [6.45, 7) is 3.34. The largest absolute Gasteiger partial charge is 0.332 e. The molecule has 24 heavy (non-hydrogen) atoms. The molecule has 2 aromatic carbocycles. The maximum Gasteiger partial charge on any atom is 0.258 e. The van der Waals surface area contributed by atoms with Crippen molar-refractivity contribution in [1.82, 2.24) is 5.32 Å². The topological polar surface area (TPSA) is 70.2 Å². The minimum Gasteiger partial charge on any atom is -0.332 e. The van der Waals surface area contributed by atoms with Crippen LogP contribution in [0.25, 0.3) is 0 Å². The Bertz CT molecular complexity index is 808. The number of carbonyl (C=O) groups is 2. The second kappa shape index (κ2) is 8.03. The van der Waals surface area contributed by atoms with Gasteiger partial charge in [0, 0.05) is 22.8 Å². The predicted molar refractivity (Wildman–Crippen MR) is 103 cm³/mol. The highest BCUT2D eigenvalue weighted by Gasteiger charge is 2.11. The van der Waals surface area contributed by atoms with Crippen LogP contribution < -0.4 is 16.0 Å². The van der Waals surface area contributed by atoms with Gasteiger partial charge in [0.15, 0.2) is 5.11 Å². The zero-order valence-corrected chi connectivity index (χ0v) is 15.5. The van der Waals surface area contributed by atoms with Crippen LogP contribution in [0.2, 0.25) is 0 Å². The quantitative estimate of drug-likeness (QED) is 0.678. The highest BCUT2D eigenvalue weighted by molar-refractivity contribution is 9.10. The van der Waals surface area contributed by atoms with Crippen molar-refractivity contribution in [2.24, 2.45) is 0 Å². The van der Waals surface area contributed by atoms with Crippen LogP contribution in [0.1, 0.15) is 22.8 Å². The molecule has 3 N–H and O–H groups in total. The minimum atomic E-state index is -0.311. The smallest absolute Gasteiger partial charge is 0.258 e. The average Bonchev–Trinajstić information content (AvgIpc) is 2.50. The van der Waals surface area contributed by atoms with Crippen LogP contribution >= 0.6 is 28.1 Å². The average molecular weight is 406 g/mol.